The predicted octanol–water partition coefficient (Wildman–Crippen LogP) is 6.58. The van der Waals surface area contributed by atoms with Crippen molar-refractivity contribution in [1.82, 2.24) is 5.32 Å². The highest BCUT2D eigenvalue weighted by molar-refractivity contribution is 7.17. The monoisotopic (exact) mass is 441 g/mol. The summed E-state index contributed by atoms with van der Waals surface area (Å²) < 4.78 is 18.1. The number of rotatable bonds is 5. The number of thiophene rings is 1. The molecule has 0 fully saturated rings. The average Bonchev–Trinajstić information content (AvgIpc) is 3.21. The highest BCUT2D eigenvalue weighted by Gasteiger charge is 2.12. The number of phenolic OH excluding ortho intramolecular Hbond substituents is 1. The van der Waals surface area contributed by atoms with E-state index in [1.54, 1.807) is 38.1 Å². The van der Waals surface area contributed by atoms with Crippen LogP contribution in [0.1, 0.15) is 27.7 Å². The lowest BCUT2D eigenvalue weighted by atomic mass is 10.1. The molecule has 1 aromatic heterocycles. The quantitative estimate of drug-likeness (QED) is 0.266. The Morgan fingerprint density at radius 2 is 1.68 bits per heavy atom. The third-order valence-corrected chi connectivity index (χ3v) is 4.93. The second kappa shape index (κ2) is 11.0. The predicted molar refractivity (Wildman–Crippen MR) is 121 cm³/mol. The van der Waals surface area contributed by atoms with Crippen LogP contribution < -0.4 is 10.1 Å². The highest BCUT2D eigenvalue weighted by atomic mass is 32.1. The van der Waals surface area contributed by atoms with E-state index in [2.05, 4.69) is 22.1 Å². The van der Waals surface area contributed by atoms with Crippen LogP contribution >= 0.6 is 11.3 Å². The van der Waals surface area contributed by atoms with Crippen LogP contribution in [-0.4, -0.2) is 18.1 Å². The second-order valence-electron chi connectivity index (χ2n) is 6.64. The van der Waals surface area contributed by atoms with Crippen molar-refractivity contribution in [3.63, 3.8) is 0 Å². The van der Waals surface area contributed by atoms with Crippen molar-refractivity contribution in [3.05, 3.63) is 82.6 Å². The Balaban J connectivity index is 0.000000614. The number of carbonyl (C=O) groups excluding carboxylic acids is 1. The minimum Gasteiger partial charge on any atom is -0.507 e. The van der Waals surface area contributed by atoms with E-state index < -0.39 is 11.8 Å². The van der Waals surface area contributed by atoms with E-state index in [0.29, 0.717) is 26.7 Å². The number of aryl methyl sites for hydroxylation is 2. The molecule has 3 rings (SSSR count). The molecule has 0 aliphatic heterocycles. The summed E-state index contributed by atoms with van der Waals surface area (Å²) in [6.45, 7) is 9.05. The molecule has 31 heavy (non-hydrogen) atoms. The molecule has 0 amide bonds. The molecule has 0 radical (unpaired) electrons. The Bertz CT molecular complexity index is 1070. The Morgan fingerprint density at radius 1 is 1.10 bits per heavy atom. The van der Waals surface area contributed by atoms with Crippen molar-refractivity contribution in [1.29, 1.82) is 0 Å². The molecular formula is C23H24FN3O3S. The maximum Gasteiger partial charge on any atom is 0.353 e. The van der Waals surface area contributed by atoms with E-state index in [0.717, 1.165) is 17.0 Å². The van der Waals surface area contributed by atoms with Crippen LogP contribution in [0.3, 0.4) is 0 Å². The van der Waals surface area contributed by atoms with Gasteiger partial charge in [0, 0.05) is 7.05 Å². The topological polar surface area (TPSA) is 83.3 Å². The fraction of sp³-hybridized carbons (Fsp3) is 0.174. The molecule has 3 aromatic rings. The third-order valence-electron chi connectivity index (χ3n) is 3.98. The first-order chi connectivity index (χ1) is 14.7. The zero-order chi connectivity index (χ0) is 23.0. The number of phenols is 1. The van der Waals surface area contributed by atoms with Gasteiger partial charge in [0.1, 0.15) is 27.2 Å². The zero-order valence-electron chi connectivity index (χ0n) is 17.8. The van der Waals surface area contributed by atoms with Crippen LogP contribution in [0.25, 0.3) is 0 Å². The number of azo groups is 1. The molecule has 8 heteroatoms. The number of allylic oxidation sites excluding steroid dienone is 1. The van der Waals surface area contributed by atoms with Gasteiger partial charge in [-0.15, -0.1) is 21.6 Å². The molecule has 0 aliphatic rings. The van der Waals surface area contributed by atoms with Crippen molar-refractivity contribution in [2.75, 3.05) is 7.05 Å². The number of aromatic hydroxyl groups is 1. The van der Waals surface area contributed by atoms with Crippen LogP contribution in [0.4, 0.5) is 15.1 Å². The Kier molecular flexibility index (Phi) is 8.45. The average molecular weight is 442 g/mol. The van der Waals surface area contributed by atoms with Gasteiger partial charge in [-0.3, -0.25) is 0 Å². The number of halogens is 1. The van der Waals surface area contributed by atoms with Crippen molar-refractivity contribution < 1.29 is 19.0 Å². The number of ether oxygens (including phenoxy) is 1. The normalized spacial score (nSPS) is 10.4. The van der Waals surface area contributed by atoms with Crippen LogP contribution in [0.2, 0.25) is 0 Å². The molecule has 0 saturated heterocycles. The number of esters is 1. The van der Waals surface area contributed by atoms with Gasteiger partial charge >= 0.3 is 5.97 Å². The van der Waals surface area contributed by atoms with E-state index in [1.165, 1.54) is 24.3 Å². The number of hydrogen-bond acceptors (Lipinski definition) is 7. The van der Waals surface area contributed by atoms with Gasteiger partial charge in [0.2, 0.25) is 0 Å². The van der Waals surface area contributed by atoms with Crippen LogP contribution in [0.15, 0.2) is 71.0 Å². The Hall–Kier alpha value is -3.52. The van der Waals surface area contributed by atoms with E-state index >= 15 is 0 Å². The SMILES string of the molecule is C=C(C)NC.Cc1cc(N=Nc2ccc(C(=O)Oc3ccc(F)cc3)s2)cc(C)c1O. The number of nitrogens with zero attached hydrogens (tertiary/aromatic N) is 2. The standard InChI is InChI=1S/C19H15FN2O3S.C4H9N/c1-11-9-14(10-12(2)18(11)23)21-22-17-8-7-16(26-17)19(24)25-15-5-3-13(20)4-6-15;1-4(2)5-3/h3-10,23H,1-2H3;5H,1H2,2-3H3. The summed E-state index contributed by atoms with van der Waals surface area (Å²) in [6, 6.07) is 11.9. The highest BCUT2D eigenvalue weighted by Crippen LogP contribution is 2.31. The van der Waals surface area contributed by atoms with Gasteiger partial charge in [-0.05, 0) is 86.1 Å². The van der Waals surface area contributed by atoms with Gasteiger partial charge in [0.15, 0.2) is 0 Å². The van der Waals surface area contributed by atoms with E-state index in [4.69, 9.17) is 4.74 Å². The van der Waals surface area contributed by atoms with Gasteiger partial charge in [-0.1, -0.05) is 6.58 Å². The first-order valence-electron chi connectivity index (χ1n) is 9.32. The molecule has 0 unspecified atom stereocenters. The lowest BCUT2D eigenvalue weighted by molar-refractivity contribution is 0.0739. The zero-order valence-corrected chi connectivity index (χ0v) is 18.6. The van der Waals surface area contributed by atoms with Crippen molar-refractivity contribution >= 4 is 28.0 Å². The summed E-state index contributed by atoms with van der Waals surface area (Å²) in [7, 11) is 1.85. The molecule has 2 N–H and O–H groups in total. The van der Waals surface area contributed by atoms with Gasteiger partial charge in [0.25, 0.3) is 0 Å². The molecule has 0 spiro atoms. The molecule has 0 aliphatic carbocycles. The first-order valence-corrected chi connectivity index (χ1v) is 10.1. The summed E-state index contributed by atoms with van der Waals surface area (Å²) in [4.78, 5) is 12.5. The van der Waals surface area contributed by atoms with Gasteiger partial charge < -0.3 is 15.2 Å². The van der Waals surface area contributed by atoms with Gasteiger partial charge in [0.05, 0.1) is 5.69 Å². The van der Waals surface area contributed by atoms with Crippen LogP contribution in [0, 0.1) is 19.7 Å². The fourth-order valence-corrected chi connectivity index (χ4v) is 2.95. The number of carbonyl (C=O) groups is 1. The number of hydrogen-bond donors (Lipinski definition) is 2. The third kappa shape index (κ3) is 7.35. The largest absolute Gasteiger partial charge is 0.507 e. The summed E-state index contributed by atoms with van der Waals surface area (Å²) in [5.41, 5.74) is 3.05. The summed E-state index contributed by atoms with van der Waals surface area (Å²) in [5.74, 6) is -0.434. The number of benzene rings is 2. The molecule has 2 aromatic carbocycles. The maximum absolute atomic E-state index is 12.9. The maximum atomic E-state index is 12.9. The summed E-state index contributed by atoms with van der Waals surface area (Å²) in [6.07, 6.45) is 0. The lowest BCUT2D eigenvalue weighted by Crippen LogP contribution is -2.06. The molecule has 0 atom stereocenters. The van der Waals surface area contributed by atoms with E-state index in [-0.39, 0.29) is 11.5 Å². The van der Waals surface area contributed by atoms with E-state index in [9.17, 15) is 14.3 Å². The molecule has 162 valence electrons. The summed E-state index contributed by atoms with van der Waals surface area (Å²) >= 11 is 1.14. The lowest BCUT2D eigenvalue weighted by Gasteiger charge is -2.03. The van der Waals surface area contributed by atoms with Gasteiger partial charge in [-0.25, -0.2) is 9.18 Å². The fourth-order valence-electron chi connectivity index (χ4n) is 2.25. The number of nitrogens with one attached hydrogen (secondary N) is 1. The van der Waals surface area contributed by atoms with E-state index in [1.807, 2.05) is 14.0 Å². The van der Waals surface area contributed by atoms with Crippen molar-refractivity contribution in [3.8, 4) is 11.5 Å². The van der Waals surface area contributed by atoms with Crippen LogP contribution in [-0.2, 0) is 0 Å². The molecule has 0 bridgehead atoms. The first kappa shape index (κ1) is 23.8. The summed E-state index contributed by atoms with van der Waals surface area (Å²) in [5, 5.41) is 21.4. The molecule has 6 nitrogen and oxygen atoms in total. The van der Waals surface area contributed by atoms with Gasteiger partial charge in [-0.2, -0.15) is 0 Å². The molecule has 1 heterocycles. The minimum absolute atomic E-state index is 0.242. The smallest absolute Gasteiger partial charge is 0.353 e. The molecule has 0 saturated carbocycles. The van der Waals surface area contributed by atoms with Crippen molar-refractivity contribution in [2.24, 2.45) is 10.2 Å². The second-order valence-corrected chi connectivity index (χ2v) is 7.70. The van der Waals surface area contributed by atoms with Crippen LogP contribution in [0.5, 0.6) is 11.5 Å². The minimum atomic E-state index is -0.542. The Labute approximate surface area is 184 Å². The molecular weight excluding hydrogens is 417 g/mol. The Morgan fingerprint density at radius 3 is 2.23 bits per heavy atom. The van der Waals surface area contributed by atoms with Crippen molar-refractivity contribution in [2.45, 2.75) is 20.8 Å².